The van der Waals surface area contributed by atoms with E-state index in [9.17, 15) is 20.0 Å². The second-order valence-corrected chi connectivity index (χ2v) is 8.21. The zero-order valence-electron chi connectivity index (χ0n) is 18.6. The van der Waals surface area contributed by atoms with Crippen LogP contribution in [0.5, 0.6) is 5.88 Å². The molecule has 6 aromatic rings. The van der Waals surface area contributed by atoms with E-state index in [1.54, 1.807) is 34.7 Å². The van der Waals surface area contributed by atoms with Crippen molar-refractivity contribution in [1.82, 2.24) is 9.38 Å². The first kappa shape index (κ1) is 21.2. The van der Waals surface area contributed by atoms with Crippen molar-refractivity contribution in [2.45, 2.75) is 0 Å². The van der Waals surface area contributed by atoms with Gasteiger partial charge in [0.05, 0.1) is 21.7 Å². The Bertz CT molecular complexity index is 1850. The number of carbonyl (C=O) groups is 1. The normalized spacial score (nSPS) is 11.7. The van der Waals surface area contributed by atoms with Gasteiger partial charge in [0.2, 0.25) is 5.88 Å². The number of nitrogens with one attached hydrogen (secondary N) is 1. The van der Waals surface area contributed by atoms with E-state index >= 15 is 0 Å². The molecule has 2 N–H and O–H groups in total. The molecular weight excluding hydrogens is 458 g/mol. The number of fused-ring (bicyclic) bond motifs is 2. The molecule has 2 aromatic heterocycles. The maximum Gasteiger partial charge on any atom is 0.271 e. The first-order chi connectivity index (χ1) is 17.5. The molecule has 0 radical (unpaired) electrons. The van der Waals surface area contributed by atoms with Crippen LogP contribution >= 0.6 is 0 Å². The monoisotopic (exact) mass is 475 g/mol. The van der Waals surface area contributed by atoms with Crippen molar-refractivity contribution in [1.29, 1.82) is 0 Å². The number of nitro benzene ring substituents is 1. The predicted octanol–water partition coefficient (Wildman–Crippen LogP) is 6.83. The van der Waals surface area contributed by atoms with E-state index in [0.29, 0.717) is 16.7 Å². The first-order valence-electron chi connectivity index (χ1n) is 11.1. The standard InChI is InChI=1S/C27H17N5O4/c33-25(17-7-2-1-3-8-17)23-24(30-29-18-11-6-12-19(15-18)32(35)36)27(34)31-21-14-5-10-16-9-4-13-20(22(16)21)28-26(23)31/h1-15,28,34H. The quantitative estimate of drug-likeness (QED) is 0.123. The summed E-state index contributed by atoms with van der Waals surface area (Å²) in [5.74, 6) is -0.625. The van der Waals surface area contributed by atoms with Crippen molar-refractivity contribution in [3.8, 4) is 5.88 Å². The van der Waals surface area contributed by atoms with Crippen LogP contribution < -0.4 is 0 Å². The zero-order valence-corrected chi connectivity index (χ0v) is 18.6. The predicted molar refractivity (Wildman–Crippen MR) is 136 cm³/mol. The molecule has 4 aromatic carbocycles. The third-order valence-electron chi connectivity index (χ3n) is 6.07. The Morgan fingerprint density at radius 3 is 2.44 bits per heavy atom. The van der Waals surface area contributed by atoms with E-state index in [-0.39, 0.29) is 34.3 Å². The van der Waals surface area contributed by atoms with E-state index in [1.807, 2.05) is 42.5 Å². The fourth-order valence-electron chi connectivity index (χ4n) is 4.46. The number of hydrogen-bond acceptors (Lipinski definition) is 6. The molecule has 36 heavy (non-hydrogen) atoms. The molecule has 0 aliphatic heterocycles. The molecule has 0 unspecified atom stereocenters. The number of aromatic amines is 1. The van der Waals surface area contributed by atoms with Crippen molar-refractivity contribution in [3.63, 3.8) is 0 Å². The highest BCUT2D eigenvalue weighted by molar-refractivity contribution is 6.18. The Morgan fingerprint density at radius 1 is 0.917 bits per heavy atom. The van der Waals surface area contributed by atoms with E-state index in [2.05, 4.69) is 15.2 Å². The van der Waals surface area contributed by atoms with Gasteiger partial charge in [-0.25, -0.2) is 0 Å². The Hall–Kier alpha value is -5.31. The summed E-state index contributed by atoms with van der Waals surface area (Å²) < 4.78 is 1.55. The summed E-state index contributed by atoms with van der Waals surface area (Å²) in [5.41, 5.74) is 2.42. The molecule has 9 heteroatoms. The number of carbonyl (C=O) groups excluding carboxylic acids is 1. The van der Waals surface area contributed by atoms with Gasteiger partial charge in [0.25, 0.3) is 5.69 Å². The van der Waals surface area contributed by atoms with Gasteiger partial charge in [-0.3, -0.25) is 19.3 Å². The van der Waals surface area contributed by atoms with Crippen LogP contribution in [0.15, 0.2) is 101 Å². The van der Waals surface area contributed by atoms with Gasteiger partial charge >= 0.3 is 0 Å². The summed E-state index contributed by atoms with van der Waals surface area (Å²) in [6.45, 7) is 0. The second-order valence-electron chi connectivity index (χ2n) is 8.21. The van der Waals surface area contributed by atoms with Gasteiger partial charge in [-0.1, -0.05) is 60.7 Å². The average molecular weight is 475 g/mol. The molecular formula is C27H17N5O4. The Morgan fingerprint density at radius 2 is 1.67 bits per heavy atom. The lowest BCUT2D eigenvalue weighted by atomic mass is 10.0. The van der Waals surface area contributed by atoms with Crippen LogP contribution in [0.25, 0.3) is 27.5 Å². The fourth-order valence-corrected chi connectivity index (χ4v) is 4.46. The summed E-state index contributed by atoms with van der Waals surface area (Å²) in [5, 5.41) is 32.7. The minimum absolute atomic E-state index is 0.0392. The van der Waals surface area contributed by atoms with E-state index in [4.69, 9.17) is 0 Å². The number of nitro groups is 1. The SMILES string of the molecule is O=C(c1ccccc1)c1c(N=Nc2cccc([N+](=O)[O-])c2)c(O)n2c1[nH]c1cccc3cccc2c31. The van der Waals surface area contributed by atoms with Crippen LogP contribution in [-0.2, 0) is 0 Å². The van der Waals surface area contributed by atoms with Gasteiger partial charge in [0, 0.05) is 28.6 Å². The number of benzene rings is 4. The van der Waals surface area contributed by atoms with Gasteiger partial charge in [0.1, 0.15) is 5.65 Å². The van der Waals surface area contributed by atoms with Crippen molar-refractivity contribution in [2.75, 3.05) is 0 Å². The third-order valence-corrected chi connectivity index (χ3v) is 6.07. The molecule has 0 fully saturated rings. The van der Waals surface area contributed by atoms with Crippen molar-refractivity contribution < 1.29 is 14.8 Å². The van der Waals surface area contributed by atoms with Crippen LogP contribution in [0.1, 0.15) is 15.9 Å². The van der Waals surface area contributed by atoms with Crippen LogP contribution in [-0.4, -0.2) is 25.2 Å². The number of non-ortho nitro benzene ring substituents is 1. The summed E-state index contributed by atoms with van der Waals surface area (Å²) in [6, 6.07) is 25.8. The molecule has 0 spiro atoms. The number of aromatic hydroxyl groups is 1. The van der Waals surface area contributed by atoms with Gasteiger partial charge in [-0.05, 0) is 23.6 Å². The van der Waals surface area contributed by atoms with Crippen LogP contribution in [0.4, 0.5) is 17.1 Å². The molecule has 0 aliphatic rings. The third kappa shape index (κ3) is 3.30. The molecule has 9 nitrogen and oxygen atoms in total. The van der Waals surface area contributed by atoms with Gasteiger partial charge in [-0.15, -0.1) is 5.11 Å². The zero-order chi connectivity index (χ0) is 24.8. The Balaban J connectivity index is 1.66. The Labute approximate surface area is 203 Å². The minimum atomic E-state index is -0.528. The number of rotatable bonds is 5. The van der Waals surface area contributed by atoms with E-state index in [1.165, 1.54) is 18.2 Å². The lowest BCUT2D eigenvalue weighted by molar-refractivity contribution is -0.384. The highest BCUT2D eigenvalue weighted by atomic mass is 16.6. The Kier molecular flexibility index (Phi) is 4.82. The number of ketones is 1. The molecule has 174 valence electrons. The van der Waals surface area contributed by atoms with Crippen LogP contribution in [0.2, 0.25) is 0 Å². The highest BCUT2D eigenvalue weighted by Crippen LogP contribution is 2.41. The largest absolute Gasteiger partial charge is 0.493 e. The lowest BCUT2D eigenvalue weighted by Crippen LogP contribution is -2.03. The van der Waals surface area contributed by atoms with E-state index < -0.39 is 4.92 Å². The number of H-pyrrole nitrogens is 1. The molecule has 0 amide bonds. The molecule has 0 saturated heterocycles. The maximum absolute atomic E-state index is 13.7. The van der Waals surface area contributed by atoms with Crippen LogP contribution in [0, 0.1) is 10.1 Å². The van der Waals surface area contributed by atoms with Gasteiger partial charge in [-0.2, -0.15) is 5.11 Å². The number of nitrogens with zero attached hydrogens (tertiary/aromatic N) is 4. The first-order valence-corrected chi connectivity index (χ1v) is 11.1. The minimum Gasteiger partial charge on any atom is -0.493 e. The summed E-state index contributed by atoms with van der Waals surface area (Å²) in [6.07, 6.45) is 0. The number of azo groups is 1. The van der Waals surface area contributed by atoms with Crippen LogP contribution in [0.3, 0.4) is 0 Å². The summed E-state index contributed by atoms with van der Waals surface area (Å²) in [7, 11) is 0. The molecule has 0 aliphatic carbocycles. The summed E-state index contributed by atoms with van der Waals surface area (Å²) in [4.78, 5) is 27.6. The van der Waals surface area contributed by atoms with Crippen molar-refractivity contribution in [2.24, 2.45) is 10.2 Å². The topological polar surface area (TPSA) is 125 Å². The summed E-state index contributed by atoms with van der Waals surface area (Å²) >= 11 is 0. The molecule has 6 rings (SSSR count). The molecule has 0 atom stereocenters. The van der Waals surface area contributed by atoms with Gasteiger partial charge < -0.3 is 10.1 Å². The number of aromatic nitrogens is 2. The van der Waals surface area contributed by atoms with Crippen molar-refractivity contribution >= 4 is 50.3 Å². The smallest absolute Gasteiger partial charge is 0.271 e. The fraction of sp³-hybridized carbons (Fsp3) is 0. The average Bonchev–Trinajstić information content (AvgIpc) is 3.19. The lowest BCUT2D eigenvalue weighted by Gasteiger charge is -2.10. The van der Waals surface area contributed by atoms with Gasteiger partial charge in [0.15, 0.2) is 11.5 Å². The van der Waals surface area contributed by atoms with E-state index in [0.717, 1.165) is 16.3 Å². The molecule has 2 heterocycles. The van der Waals surface area contributed by atoms with Crippen molar-refractivity contribution in [3.05, 3.63) is 112 Å². The second kappa shape index (κ2) is 8.17. The molecule has 0 bridgehead atoms. The molecule has 0 saturated carbocycles. The maximum atomic E-state index is 13.7. The highest BCUT2D eigenvalue weighted by Gasteiger charge is 2.27. The number of hydrogen-bond donors (Lipinski definition) is 2.